The maximum absolute atomic E-state index is 8.69. The Morgan fingerprint density at radius 1 is 1.28 bits per heavy atom. The molecule has 0 saturated heterocycles. The minimum absolute atomic E-state index is 0.00667. The van der Waals surface area contributed by atoms with E-state index in [-0.39, 0.29) is 12.7 Å². The van der Waals surface area contributed by atoms with Gasteiger partial charge in [0.1, 0.15) is 0 Å². The third-order valence-electron chi connectivity index (χ3n) is 2.78. The number of hydrogen-bond acceptors (Lipinski definition) is 4. The van der Waals surface area contributed by atoms with E-state index in [1.807, 2.05) is 0 Å². The van der Waals surface area contributed by atoms with Crippen LogP contribution in [0.3, 0.4) is 0 Å². The average Bonchev–Trinajstić information content (AvgIpc) is 2.30. The highest BCUT2D eigenvalue weighted by molar-refractivity contribution is 4.68. The van der Waals surface area contributed by atoms with Crippen LogP contribution in [0.1, 0.15) is 52.9 Å². The zero-order chi connectivity index (χ0) is 13.8. The number of aliphatic hydroxyl groups excluding tert-OH is 2. The van der Waals surface area contributed by atoms with Crippen LogP contribution in [0.4, 0.5) is 0 Å². The van der Waals surface area contributed by atoms with Gasteiger partial charge in [0.2, 0.25) is 0 Å². The van der Waals surface area contributed by atoms with Crippen LogP contribution >= 0.6 is 0 Å². The van der Waals surface area contributed by atoms with Gasteiger partial charge in [0, 0.05) is 6.61 Å². The Bertz CT molecular complexity index is 169. The largest absolute Gasteiger partial charge is 0.394 e. The van der Waals surface area contributed by atoms with Gasteiger partial charge in [-0.3, -0.25) is 0 Å². The lowest BCUT2D eigenvalue weighted by atomic mass is 9.96. The SMILES string of the molecule is CC(O)COC(C)CO.CCCCOC1CCC1. The first-order valence-corrected chi connectivity index (χ1v) is 7.12. The van der Waals surface area contributed by atoms with Gasteiger partial charge >= 0.3 is 0 Å². The molecule has 1 rings (SSSR count). The standard InChI is InChI=1S/C8H16O.C6H14O3/c1-2-3-7-9-8-5-4-6-8;1-5(8)4-9-6(2)3-7/h8H,2-7H2,1H3;5-8H,3-4H2,1-2H3. The zero-order valence-electron chi connectivity index (χ0n) is 12.1. The molecule has 0 heterocycles. The first-order chi connectivity index (χ1) is 8.60. The molecule has 0 spiro atoms. The molecule has 0 aromatic heterocycles. The summed E-state index contributed by atoms with van der Waals surface area (Å²) in [4.78, 5) is 0. The summed E-state index contributed by atoms with van der Waals surface area (Å²) in [5.74, 6) is 0. The maximum atomic E-state index is 8.69. The summed E-state index contributed by atoms with van der Waals surface area (Å²) < 4.78 is 10.5. The Hall–Kier alpha value is -0.160. The zero-order valence-corrected chi connectivity index (χ0v) is 12.1. The number of aliphatic hydroxyl groups is 2. The minimum atomic E-state index is -0.445. The normalized spacial score (nSPS) is 18.5. The van der Waals surface area contributed by atoms with Crippen molar-refractivity contribution >= 4 is 0 Å². The fraction of sp³-hybridized carbons (Fsp3) is 1.00. The van der Waals surface area contributed by atoms with Gasteiger partial charge in [0.25, 0.3) is 0 Å². The Labute approximate surface area is 111 Å². The lowest BCUT2D eigenvalue weighted by molar-refractivity contribution is -0.0177. The van der Waals surface area contributed by atoms with Crippen LogP contribution < -0.4 is 0 Å². The molecule has 2 unspecified atom stereocenters. The summed E-state index contributed by atoms with van der Waals surface area (Å²) in [6, 6.07) is 0. The molecular formula is C14H30O4. The third kappa shape index (κ3) is 11.0. The molecule has 0 amide bonds. The van der Waals surface area contributed by atoms with Gasteiger partial charge in [-0.2, -0.15) is 0 Å². The Morgan fingerprint density at radius 3 is 2.33 bits per heavy atom. The monoisotopic (exact) mass is 262 g/mol. The molecule has 110 valence electrons. The van der Waals surface area contributed by atoms with Crippen LogP contribution in [0.25, 0.3) is 0 Å². The molecular weight excluding hydrogens is 232 g/mol. The summed E-state index contributed by atoms with van der Waals surface area (Å²) >= 11 is 0. The van der Waals surface area contributed by atoms with E-state index in [2.05, 4.69) is 6.92 Å². The number of rotatable bonds is 8. The van der Waals surface area contributed by atoms with Crippen molar-refractivity contribution in [2.75, 3.05) is 19.8 Å². The van der Waals surface area contributed by atoms with Gasteiger partial charge < -0.3 is 19.7 Å². The van der Waals surface area contributed by atoms with E-state index in [1.54, 1.807) is 13.8 Å². The highest BCUT2D eigenvalue weighted by Crippen LogP contribution is 2.21. The molecule has 1 saturated carbocycles. The van der Waals surface area contributed by atoms with Gasteiger partial charge in [0.15, 0.2) is 0 Å². The second-order valence-electron chi connectivity index (χ2n) is 4.95. The van der Waals surface area contributed by atoms with Gasteiger partial charge in [-0.05, 0) is 39.5 Å². The first-order valence-electron chi connectivity index (χ1n) is 7.12. The Morgan fingerprint density at radius 2 is 1.94 bits per heavy atom. The van der Waals surface area contributed by atoms with Gasteiger partial charge in [0.05, 0.1) is 31.5 Å². The molecule has 0 radical (unpaired) electrons. The van der Waals surface area contributed by atoms with E-state index in [1.165, 1.54) is 32.1 Å². The highest BCUT2D eigenvalue weighted by Gasteiger charge is 2.16. The summed E-state index contributed by atoms with van der Waals surface area (Å²) in [7, 11) is 0. The molecule has 1 aliphatic carbocycles. The molecule has 0 bridgehead atoms. The van der Waals surface area contributed by atoms with Crippen molar-refractivity contribution in [2.45, 2.75) is 71.2 Å². The van der Waals surface area contributed by atoms with Gasteiger partial charge in [-0.1, -0.05) is 13.3 Å². The topological polar surface area (TPSA) is 58.9 Å². The van der Waals surface area contributed by atoms with Crippen molar-refractivity contribution in [3.05, 3.63) is 0 Å². The molecule has 0 aromatic carbocycles. The van der Waals surface area contributed by atoms with Gasteiger partial charge in [-0.25, -0.2) is 0 Å². The molecule has 18 heavy (non-hydrogen) atoms. The van der Waals surface area contributed by atoms with Crippen molar-refractivity contribution in [1.82, 2.24) is 0 Å². The fourth-order valence-electron chi connectivity index (χ4n) is 1.29. The molecule has 2 atom stereocenters. The third-order valence-corrected chi connectivity index (χ3v) is 2.78. The van der Waals surface area contributed by atoms with Gasteiger partial charge in [-0.15, -0.1) is 0 Å². The summed E-state index contributed by atoms with van der Waals surface area (Å²) in [6.45, 7) is 6.88. The average molecular weight is 262 g/mol. The van der Waals surface area contributed by atoms with Crippen LogP contribution in [0.2, 0.25) is 0 Å². The minimum Gasteiger partial charge on any atom is -0.394 e. The molecule has 4 heteroatoms. The molecule has 0 aliphatic heterocycles. The van der Waals surface area contributed by atoms with E-state index >= 15 is 0 Å². The van der Waals surface area contributed by atoms with Crippen molar-refractivity contribution in [2.24, 2.45) is 0 Å². The molecule has 2 N–H and O–H groups in total. The van der Waals surface area contributed by atoms with E-state index in [9.17, 15) is 0 Å². The second-order valence-corrected chi connectivity index (χ2v) is 4.95. The van der Waals surface area contributed by atoms with Crippen molar-refractivity contribution in [1.29, 1.82) is 0 Å². The summed E-state index contributed by atoms with van der Waals surface area (Å²) in [6.07, 6.45) is 6.52. The van der Waals surface area contributed by atoms with E-state index in [4.69, 9.17) is 19.7 Å². The lowest BCUT2D eigenvalue weighted by Gasteiger charge is -2.25. The van der Waals surface area contributed by atoms with Crippen LogP contribution in [0, 0.1) is 0 Å². The predicted octanol–water partition coefficient (Wildman–Crippen LogP) is 2.12. The first kappa shape index (κ1) is 17.8. The molecule has 4 nitrogen and oxygen atoms in total. The number of ether oxygens (including phenoxy) is 2. The molecule has 1 aliphatic rings. The second kappa shape index (κ2) is 11.9. The van der Waals surface area contributed by atoms with E-state index in [0.29, 0.717) is 12.7 Å². The van der Waals surface area contributed by atoms with Crippen LogP contribution in [-0.4, -0.2) is 48.3 Å². The smallest absolute Gasteiger partial charge is 0.0779 e. The fourth-order valence-corrected chi connectivity index (χ4v) is 1.29. The van der Waals surface area contributed by atoms with Crippen LogP contribution in [0.5, 0.6) is 0 Å². The van der Waals surface area contributed by atoms with E-state index < -0.39 is 6.10 Å². The van der Waals surface area contributed by atoms with Crippen LogP contribution in [0.15, 0.2) is 0 Å². The quantitative estimate of drug-likeness (QED) is 0.658. The van der Waals surface area contributed by atoms with Crippen molar-refractivity contribution in [3.63, 3.8) is 0 Å². The van der Waals surface area contributed by atoms with E-state index in [0.717, 1.165) is 6.61 Å². The Balaban J connectivity index is 0.000000321. The van der Waals surface area contributed by atoms with Crippen LogP contribution in [-0.2, 0) is 9.47 Å². The number of unbranched alkanes of at least 4 members (excludes halogenated alkanes) is 1. The lowest BCUT2D eigenvalue weighted by Crippen LogP contribution is -2.21. The number of hydrogen-bond donors (Lipinski definition) is 2. The highest BCUT2D eigenvalue weighted by atomic mass is 16.5. The molecule has 1 fully saturated rings. The summed E-state index contributed by atoms with van der Waals surface area (Å²) in [5.41, 5.74) is 0. The van der Waals surface area contributed by atoms with Crippen molar-refractivity contribution in [3.8, 4) is 0 Å². The van der Waals surface area contributed by atoms with Crippen molar-refractivity contribution < 1.29 is 19.7 Å². The maximum Gasteiger partial charge on any atom is 0.0779 e. The predicted molar refractivity (Wildman–Crippen MR) is 72.7 cm³/mol. The summed E-state index contributed by atoms with van der Waals surface area (Å²) in [5, 5.41) is 17.1. The Kier molecular flexibility index (Phi) is 11.8. The molecule has 0 aromatic rings.